The van der Waals surface area contributed by atoms with Crippen LogP contribution in [0.3, 0.4) is 0 Å². The number of benzene rings is 2. The van der Waals surface area contributed by atoms with E-state index < -0.39 is 15.9 Å². The van der Waals surface area contributed by atoms with Crippen molar-refractivity contribution in [3.63, 3.8) is 0 Å². The third-order valence-electron chi connectivity index (χ3n) is 5.14. The van der Waals surface area contributed by atoms with Crippen LogP contribution in [0, 0.1) is 0 Å². The first-order valence-corrected chi connectivity index (χ1v) is 12.1. The predicted octanol–water partition coefficient (Wildman–Crippen LogP) is 4.57. The molecule has 172 valence electrons. The zero-order valence-electron chi connectivity index (χ0n) is 17.8. The number of methoxy groups -OCH3 is 1. The molecule has 1 fully saturated rings. The Labute approximate surface area is 197 Å². The van der Waals surface area contributed by atoms with Crippen molar-refractivity contribution in [2.75, 3.05) is 25.5 Å². The molecule has 1 saturated heterocycles. The number of aromatic nitrogens is 1. The molecule has 1 N–H and O–H groups in total. The first kappa shape index (κ1) is 23.0. The highest BCUT2D eigenvalue weighted by molar-refractivity contribution is 7.89. The molecule has 1 aliphatic heterocycles. The van der Waals surface area contributed by atoms with Gasteiger partial charge in [0.2, 0.25) is 15.9 Å². The van der Waals surface area contributed by atoms with Gasteiger partial charge < -0.3 is 14.8 Å². The van der Waals surface area contributed by atoms with Gasteiger partial charge in [-0.25, -0.2) is 13.4 Å². The number of pyridine rings is 1. The third kappa shape index (κ3) is 5.27. The summed E-state index contributed by atoms with van der Waals surface area (Å²) in [5, 5.41) is 3.32. The zero-order valence-corrected chi connectivity index (χ0v) is 19.4. The van der Waals surface area contributed by atoms with Crippen molar-refractivity contribution in [2.24, 2.45) is 0 Å². The summed E-state index contributed by atoms with van der Waals surface area (Å²) in [6, 6.07) is 14.4. The van der Waals surface area contributed by atoms with Gasteiger partial charge in [0, 0.05) is 29.7 Å². The first-order chi connectivity index (χ1) is 15.9. The lowest BCUT2D eigenvalue weighted by molar-refractivity contribution is 0.102. The lowest BCUT2D eigenvalue weighted by atomic mass is 10.2. The minimum atomic E-state index is -3.76. The number of hydrogen-bond acceptors (Lipinski definition) is 6. The molecule has 2 aromatic carbocycles. The first-order valence-electron chi connectivity index (χ1n) is 10.3. The van der Waals surface area contributed by atoms with Crippen LogP contribution in [0.1, 0.15) is 23.2 Å². The third-order valence-corrected chi connectivity index (χ3v) is 7.31. The molecule has 33 heavy (non-hydrogen) atoms. The SMILES string of the molecule is COc1ccc(C(=O)Nc2ccc(Oc3ccc(Cl)cc3)nc2)cc1S(=O)(=O)N1CCCC1. The van der Waals surface area contributed by atoms with Crippen LogP contribution in [-0.2, 0) is 10.0 Å². The molecule has 0 atom stereocenters. The number of hydrogen-bond donors (Lipinski definition) is 1. The Kier molecular flexibility index (Phi) is 6.83. The van der Waals surface area contributed by atoms with Gasteiger partial charge in [-0.3, -0.25) is 4.79 Å². The minimum Gasteiger partial charge on any atom is -0.495 e. The summed E-state index contributed by atoms with van der Waals surface area (Å²) in [5.41, 5.74) is 0.623. The Balaban J connectivity index is 1.49. The number of ether oxygens (including phenoxy) is 2. The molecule has 3 aromatic rings. The molecule has 10 heteroatoms. The summed E-state index contributed by atoms with van der Waals surface area (Å²) in [5.74, 6) is 0.653. The van der Waals surface area contributed by atoms with Crippen molar-refractivity contribution in [3.8, 4) is 17.4 Å². The van der Waals surface area contributed by atoms with Gasteiger partial charge in [0.25, 0.3) is 5.91 Å². The van der Waals surface area contributed by atoms with Crippen LogP contribution < -0.4 is 14.8 Å². The van der Waals surface area contributed by atoms with Crippen LogP contribution in [0.2, 0.25) is 5.02 Å². The van der Waals surface area contributed by atoms with Crippen molar-refractivity contribution in [1.29, 1.82) is 0 Å². The van der Waals surface area contributed by atoms with E-state index in [9.17, 15) is 13.2 Å². The van der Waals surface area contributed by atoms with Crippen LogP contribution in [0.4, 0.5) is 5.69 Å². The van der Waals surface area contributed by atoms with E-state index >= 15 is 0 Å². The van der Waals surface area contributed by atoms with E-state index in [4.69, 9.17) is 21.1 Å². The number of halogens is 1. The lowest BCUT2D eigenvalue weighted by Gasteiger charge is -2.18. The van der Waals surface area contributed by atoms with Crippen molar-refractivity contribution >= 4 is 33.2 Å². The molecule has 0 aliphatic carbocycles. The quantitative estimate of drug-likeness (QED) is 0.524. The molecule has 0 saturated carbocycles. The number of carbonyl (C=O) groups excluding carboxylic acids is 1. The normalized spacial score (nSPS) is 14.1. The second-order valence-electron chi connectivity index (χ2n) is 7.37. The molecule has 0 radical (unpaired) electrons. The second-order valence-corrected chi connectivity index (χ2v) is 9.71. The number of nitrogens with one attached hydrogen (secondary N) is 1. The van der Waals surface area contributed by atoms with Gasteiger partial charge in [0.05, 0.1) is 19.0 Å². The van der Waals surface area contributed by atoms with Crippen LogP contribution in [-0.4, -0.2) is 43.8 Å². The Hall–Kier alpha value is -3.14. The maximum Gasteiger partial charge on any atom is 0.255 e. The van der Waals surface area contributed by atoms with Crippen molar-refractivity contribution in [1.82, 2.24) is 9.29 Å². The number of rotatable bonds is 7. The van der Waals surface area contributed by atoms with Crippen LogP contribution in [0.5, 0.6) is 17.4 Å². The molecule has 2 heterocycles. The smallest absolute Gasteiger partial charge is 0.255 e. The number of nitrogens with zero attached hydrogens (tertiary/aromatic N) is 2. The van der Waals surface area contributed by atoms with Gasteiger partial charge in [0.15, 0.2) is 0 Å². The van der Waals surface area contributed by atoms with Crippen LogP contribution >= 0.6 is 11.6 Å². The highest BCUT2D eigenvalue weighted by Gasteiger charge is 2.30. The summed E-state index contributed by atoms with van der Waals surface area (Å²) in [4.78, 5) is 17.0. The summed E-state index contributed by atoms with van der Waals surface area (Å²) < 4.78 is 38.4. The highest BCUT2D eigenvalue weighted by Crippen LogP contribution is 2.30. The van der Waals surface area contributed by atoms with Crippen molar-refractivity contribution < 1.29 is 22.7 Å². The minimum absolute atomic E-state index is 0.0237. The maximum absolute atomic E-state index is 13.0. The number of anilines is 1. The van der Waals surface area contributed by atoms with Gasteiger partial charge >= 0.3 is 0 Å². The molecule has 1 amide bonds. The van der Waals surface area contributed by atoms with E-state index in [1.54, 1.807) is 36.4 Å². The van der Waals surface area contributed by atoms with E-state index in [2.05, 4.69) is 10.3 Å². The van der Waals surface area contributed by atoms with E-state index in [-0.39, 0.29) is 16.2 Å². The van der Waals surface area contributed by atoms with Crippen LogP contribution in [0.25, 0.3) is 0 Å². The van der Waals surface area contributed by atoms with Gasteiger partial charge in [-0.2, -0.15) is 4.31 Å². The fraction of sp³-hybridized carbons (Fsp3) is 0.217. The summed E-state index contributed by atoms with van der Waals surface area (Å²) >= 11 is 5.86. The summed E-state index contributed by atoms with van der Waals surface area (Å²) in [6.07, 6.45) is 3.08. The second kappa shape index (κ2) is 9.78. The molecule has 0 spiro atoms. The van der Waals surface area contributed by atoms with Crippen molar-refractivity contribution in [3.05, 3.63) is 71.4 Å². The van der Waals surface area contributed by atoms with E-state index in [0.717, 1.165) is 12.8 Å². The molecule has 4 rings (SSSR count). The lowest BCUT2D eigenvalue weighted by Crippen LogP contribution is -2.28. The number of sulfonamides is 1. The molecule has 1 aromatic heterocycles. The van der Waals surface area contributed by atoms with Crippen LogP contribution in [0.15, 0.2) is 65.7 Å². The maximum atomic E-state index is 13.0. The zero-order chi connectivity index (χ0) is 23.4. The van der Waals surface area contributed by atoms with Gasteiger partial charge in [-0.1, -0.05) is 11.6 Å². The number of carbonyl (C=O) groups is 1. The Bertz CT molecular complexity index is 1240. The average molecular weight is 488 g/mol. The van der Waals surface area contributed by atoms with Gasteiger partial charge in [0.1, 0.15) is 16.4 Å². The van der Waals surface area contributed by atoms with E-state index in [1.165, 1.54) is 35.8 Å². The average Bonchev–Trinajstić information content (AvgIpc) is 3.37. The topological polar surface area (TPSA) is 97.8 Å². The van der Waals surface area contributed by atoms with E-state index in [0.29, 0.717) is 35.4 Å². The Morgan fingerprint density at radius 1 is 1.06 bits per heavy atom. The highest BCUT2D eigenvalue weighted by atomic mass is 35.5. The Morgan fingerprint density at radius 2 is 1.79 bits per heavy atom. The summed E-state index contributed by atoms with van der Waals surface area (Å²) in [6.45, 7) is 0.913. The van der Waals surface area contributed by atoms with Crippen molar-refractivity contribution in [2.45, 2.75) is 17.7 Å². The molecule has 0 bridgehead atoms. The Morgan fingerprint density at radius 3 is 2.42 bits per heavy atom. The fourth-order valence-corrected chi connectivity index (χ4v) is 5.25. The molecular formula is C23H22ClN3O5S. The number of amides is 1. The fourth-order valence-electron chi connectivity index (χ4n) is 3.43. The largest absolute Gasteiger partial charge is 0.495 e. The van der Waals surface area contributed by atoms with Gasteiger partial charge in [-0.05, 0) is 61.4 Å². The monoisotopic (exact) mass is 487 g/mol. The molecular weight excluding hydrogens is 466 g/mol. The predicted molar refractivity (Wildman–Crippen MR) is 125 cm³/mol. The molecule has 1 aliphatic rings. The molecule has 8 nitrogen and oxygen atoms in total. The van der Waals surface area contributed by atoms with Gasteiger partial charge in [-0.15, -0.1) is 0 Å². The molecule has 0 unspecified atom stereocenters. The standard InChI is InChI=1S/C23H22ClN3O5S/c1-31-20-10-4-16(14-21(20)33(29,30)27-12-2-3-13-27)23(28)26-18-7-11-22(25-15-18)32-19-8-5-17(24)6-9-19/h4-11,14-15H,2-3,12-13H2,1H3,(H,26,28). The summed E-state index contributed by atoms with van der Waals surface area (Å²) in [7, 11) is -2.36. The van der Waals surface area contributed by atoms with E-state index in [1.807, 2.05) is 0 Å².